The van der Waals surface area contributed by atoms with Gasteiger partial charge in [0.1, 0.15) is 17.8 Å². The summed E-state index contributed by atoms with van der Waals surface area (Å²) in [7, 11) is -2.13. The first-order chi connectivity index (χ1) is 18.5. The number of likely N-dealkylation sites (tertiary alicyclic amines) is 2. The molecule has 3 fully saturated rings. The Balaban J connectivity index is 1.30. The number of aromatic nitrogens is 1. The zero-order valence-corrected chi connectivity index (χ0v) is 22.6. The number of alkyl halides is 1. The van der Waals surface area contributed by atoms with Crippen molar-refractivity contribution in [2.45, 2.75) is 30.8 Å². The van der Waals surface area contributed by atoms with E-state index in [1.54, 1.807) is 30.0 Å². The van der Waals surface area contributed by atoms with Crippen molar-refractivity contribution in [1.82, 2.24) is 19.1 Å². The molecular formula is C28H29F3N4O3S. The number of rotatable bonds is 4. The standard InChI is InChI=1S/C28H29F3N4O3S/c1-17-9-25(26-22(30)11-20(12-23(26)31)39(37,38)35-7-5-19(29)6-8-35)32-24-10-18(3-4-21(17)24)27(36)34-15-28(16-34)13-33(2)14-28/h3-4,9-12,19H,5-8,13-16H2,1-2H3. The quantitative estimate of drug-likeness (QED) is 0.484. The fraction of sp³-hybridized carbons (Fsp3) is 0.429. The summed E-state index contributed by atoms with van der Waals surface area (Å²) in [4.78, 5) is 21.1. The molecule has 1 amide bonds. The van der Waals surface area contributed by atoms with Crippen LogP contribution in [0.25, 0.3) is 22.2 Å². The highest BCUT2D eigenvalue weighted by Gasteiger charge is 2.51. The van der Waals surface area contributed by atoms with Crippen molar-refractivity contribution in [3.05, 3.63) is 59.2 Å². The molecule has 1 spiro atoms. The van der Waals surface area contributed by atoms with E-state index in [4.69, 9.17) is 0 Å². The van der Waals surface area contributed by atoms with Crippen molar-refractivity contribution in [2.24, 2.45) is 5.41 Å². The SMILES string of the molecule is Cc1cc(-c2c(F)cc(S(=O)(=O)N3CCC(F)CC3)cc2F)nc2cc(C(=O)N3CC4(CN(C)C4)C3)ccc12. The van der Waals surface area contributed by atoms with Crippen LogP contribution in [0.3, 0.4) is 0 Å². The predicted octanol–water partition coefficient (Wildman–Crippen LogP) is 4.00. The molecule has 0 aliphatic carbocycles. The van der Waals surface area contributed by atoms with Gasteiger partial charge in [-0.15, -0.1) is 0 Å². The van der Waals surface area contributed by atoms with Gasteiger partial charge < -0.3 is 9.80 Å². The topological polar surface area (TPSA) is 73.8 Å². The summed E-state index contributed by atoms with van der Waals surface area (Å²) < 4.78 is 71.1. The van der Waals surface area contributed by atoms with Gasteiger partial charge in [-0.05, 0) is 62.7 Å². The highest BCUT2D eigenvalue weighted by atomic mass is 32.2. The molecule has 11 heteroatoms. The number of hydrogen-bond acceptors (Lipinski definition) is 5. The van der Waals surface area contributed by atoms with Crippen LogP contribution in [0.15, 0.2) is 41.3 Å². The Hall–Kier alpha value is -3.02. The maximum absolute atomic E-state index is 15.3. The van der Waals surface area contributed by atoms with E-state index in [-0.39, 0.29) is 42.9 Å². The van der Waals surface area contributed by atoms with Gasteiger partial charge in [-0.1, -0.05) is 6.07 Å². The van der Waals surface area contributed by atoms with Crippen LogP contribution < -0.4 is 0 Å². The van der Waals surface area contributed by atoms with Crippen LogP contribution in [-0.2, 0) is 10.0 Å². The molecule has 0 radical (unpaired) electrons. The average molecular weight is 559 g/mol. The summed E-state index contributed by atoms with van der Waals surface area (Å²) in [6, 6.07) is 8.27. The molecule has 0 atom stereocenters. The summed E-state index contributed by atoms with van der Waals surface area (Å²) in [5.74, 6) is -2.24. The van der Waals surface area contributed by atoms with E-state index >= 15 is 8.78 Å². The summed E-state index contributed by atoms with van der Waals surface area (Å²) in [6.07, 6.45) is -0.996. The molecule has 2 aromatic carbocycles. The molecule has 0 N–H and O–H groups in total. The van der Waals surface area contributed by atoms with Gasteiger partial charge in [0.2, 0.25) is 10.0 Å². The maximum atomic E-state index is 15.3. The number of carbonyl (C=O) groups excluding carboxylic acids is 1. The molecule has 6 rings (SSSR count). The van der Waals surface area contributed by atoms with Crippen molar-refractivity contribution in [1.29, 1.82) is 0 Å². The zero-order valence-electron chi connectivity index (χ0n) is 21.8. The number of benzene rings is 2. The maximum Gasteiger partial charge on any atom is 0.253 e. The van der Waals surface area contributed by atoms with Gasteiger partial charge in [-0.2, -0.15) is 4.31 Å². The minimum absolute atomic E-state index is 0.00204. The number of sulfonamides is 1. The van der Waals surface area contributed by atoms with Crippen molar-refractivity contribution in [3.8, 4) is 11.3 Å². The number of fused-ring (bicyclic) bond motifs is 1. The molecule has 7 nitrogen and oxygen atoms in total. The number of carbonyl (C=O) groups is 1. The Morgan fingerprint density at radius 2 is 1.64 bits per heavy atom. The highest BCUT2D eigenvalue weighted by Crippen LogP contribution is 2.39. The Labute approximate surface area is 225 Å². The van der Waals surface area contributed by atoms with Crippen molar-refractivity contribution < 1.29 is 26.4 Å². The molecule has 3 aliphatic heterocycles. The zero-order chi connectivity index (χ0) is 27.7. The smallest absolute Gasteiger partial charge is 0.253 e. The van der Waals surface area contributed by atoms with E-state index in [0.717, 1.165) is 34.9 Å². The van der Waals surface area contributed by atoms with Crippen LogP contribution in [-0.4, -0.2) is 85.9 Å². The second-order valence-corrected chi connectivity index (χ2v) is 13.2. The minimum Gasteiger partial charge on any atom is -0.337 e. The molecule has 39 heavy (non-hydrogen) atoms. The van der Waals surface area contributed by atoms with E-state index in [1.807, 2.05) is 0 Å². The Bertz CT molecular complexity index is 1570. The van der Waals surface area contributed by atoms with Crippen molar-refractivity contribution in [2.75, 3.05) is 46.3 Å². The number of nitrogens with zero attached hydrogens (tertiary/aromatic N) is 4. The summed E-state index contributed by atoms with van der Waals surface area (Å²) in [5.41, 5.74) is 1.33. The Morgan fingerprint density at radius 3 is 2.26 bits per heavy atom. The molecule has 0 bridgehead atoms. The monoisotopic (exact) mass is 558 g/mol. The van der Waals surface area contributed by atoms with Crippen molar-refractivity contribution >= 4 is 26.8 Å². The van der Waals surface area contributed by atoms with Crippen LogP contribution in [0.5, 0.6) is 0 Å². The first-order valence-corrected chi connectivity index (χ1v) is 14.4. The summed E-state index contributed by atoms with van der Waals surface area (Å²) >= 11 is 0. The number of pyridine rings is 1. The van der Waals surface area contributed by atoms with Gasteiger partial charge >= 0.3 is 0 Å². The fourth-order valence-electron chi connectivity index (χ4n) is 6.21. The third-order valence-electron chi connectivity index (χ3n) is 8.11. The van der Waals surface area contributed by atoms with E-state index < -0.39 is 38.3 Å². The van der Waals surface area contributed by atoms with Crippen LogP contribution in [0.4, 0.5) is 13.2 Å². The van der Waals surface area contributed by atoms with Gasteiger partial charge in [0.15, 0.2) is 0 Å². The number of piperidine rings is 1. The van der Waals surface area contributed by atoms with Gasteiger partial charge in [-0.25, -0.2) is 26.6 Å². The average Bonchev–Trinajstić information content (AvgIpc) is 2.84. The van der Waals surface area contributed by atoms with E-state index in [2.05, 4.69) is 16.9 Å². The van der Waals surface area contributed by atoms with Gasteiger partial charge in [0, 0.05) is 55.6 Å². The number of amides is 1. The number of halogens is 3. The molecule has 3 aliphatic rings. The van der Waals surface area contributed by atoms with Crippen LogP contribution in [0.1, 0.15) is 28.8 Å². The van der Waals surface area contributed by atoms with Gasteiger partial charge in [0.25, 0.3) is 5.91 Å². The summed E-state index contributed by atoms with van der Waals surface area (Å²) in [6.45, 7) is 5.06. The first-order valence-electron chi connectivity index (χ1n) is 13.0. The number of aryl methyl sites for hydroxylation is 1. The van der Waals surface area contributed by atoms with E-state index in [0.29, 0.717) is 29.7 Å². The molecule has 0 saturated carbocycles. The third kappa shape index (κ3) is 4.50. The highest BCUT2D eigenvalue weighted by molar-refractivity contribution is 7.89. The normalized spacial score (nSPS) is 20.3. The van der Waals surface area contributed by atoms with E-state index in [9.17, 15) is 17.6 Å². The third-order valence-corrected chi connectivity index (χ3v) is 9.98. The lowest BCUT2D eigenvalue weighted by molar-refractivity contribution is -0.0871. The Kier molecular flexibility index (Phi) is 6.24. The molecular weight excluding hydrogens is 529 g/mol. The first kappa shape index (κ1) is 26.2. The molecule has 4 heterocycles. The minimum atomic E-state index is -4.18. The molecule has 206 valence electrons. The van der Waals surface area contributed by atoms with Crippen LogP contribution in [0, 0.1) is 24.0 Å². The Morgan fingerprint density at radius 1 is 1.00 bits per heavy atom. The molecule has 1 aromatic heterocycles. The largest absolute Gasteiger partial charge is 0.337 e. The summed E-state index contributed by atoms with van der Waals surface area (Å²) in [5, 5.41) is 0.743. The van der Waals surface area contributed by atoms with E-state index in [1.165, 1.54) is 6.07 Å². The molecule has 3 saturated heterocycles. The lowest BCUT2D eigenvalue weighted by Gasteiger charge is -2.59. The van der Waals surface area contributed by atoms with Gasteiger partial charge in [0.05, 0.1) is 21.7 Å². The second kappa shape index (κ2) is 9.28. The van der Waals surface area contributed by atoms with Crippen molar-refractivity contribution in [3.63, 3.8) is 0 Å². The second-order valence-electron chi connectivity index (χ2n) is 11.2. The number of hydrogen-bond donors (Lipinski definition) is 0. The fourth-order valence-corrected chi connectivity index (χ4v) is 7.70. The van der Waals surface area contributed by atoms with Gasteiger partial charge in [-0.3, -0.25) is 4.79 Å². The lowest BCUT2D eigenvalue weighted by atomic mass is 9.73. The lowest BCUT2D eigenvalue weighted by Crippen LogP contribution is -2.72. The molecule has 0 unspecified atom stereocenters. The van der Waals surface area contributed by atoms with Crippen LogP contribution in [0.2, 0.25) is 0 Å². The molecule has 3 aromatic rings. The predicted molar refractivity (Wildman–Crippen MR) is 141 cm³/mol. The van der Waals surface area contributed by atoms with Crippen LogP contribution >= 0.6 is 0 Å².